The molecule has 108 valence electrons. The van der Waals surface area contributed by atoms with Crippen LogP contribution in [0.3, 0.4) is 0 Å². The van der Waals surface area contributed by atoms with Crippen molar-refractivity contribution in [2.75, 3.05) is 0 Å². The number of hydrogen-bond donors (Lipinski definition) is 1. The first-order valence-electron chi connectivity index (χ1n) is 6.85. The Morgan fingerprint density at radius 2 is 1.84 bits per heavy atom. The molecule has 0 amide bonds. The molecule has 1 aliphatic rings. The summed E-state index contributed by atoms with van der Waals surface area (Å²) in [6.45, 7) is 6.81. The molecule has 2 rings (SSSR count). The SMILES string of the molecule is CC(C)(C)C1CCC(NS(=O)(=O)c2cccs2)CC1. The number of sulfonamides is 1. The van der Waals surface area contributed by atoms with Crippen LogP contribution in [-0.4, -0.2) is 14.5 Å². The number of hydrogen-bond acceptors (Lipinski definition) is 3. The lowest BCUT2D eigenvalue weighted by Crippen LogP contribution is -2.39. The van der Waals surface area contributed by atoms with E-state index in [4.69, 9.17) is 0 Å². The van der Waals surface area contributed by atoms with Crippen LogP contribution in [0.1, 0.15) is 46.5 Å². The highest BCUT2D eigenvalue weighted by molar-refractivity contribution is 7.91. The normalized spacial score (nSPS) is 25.4. The van der Waals surface area contributed by atoms with Crippen LogP contribution in [0.5, 0.6) is 0 Å². The molecule has 0 saturated heterocycles. The Hall–Kier alpha value is -0.390. The zero-order valence-corrected chi connectivity index (χ0v) is 13.5. The highest BCUT2D eigenvalue weighted by Crippen LogP contribution is 2.38. The second-order valence-electron chi connectivity index (χ2n) is 6.47. The van der Waals surface area contributed by atoms with Gasteiger partial charge in [-0.05, 0) is 48.5 Å². The van der Waals surface area contributed by atoms with Crippen LogP contribution < -0.4 is 4.72 Å². The average molecular weight is 301 g/mol. The third kappa shape index (κ3) is 3.80. The van der Waals surface area contributed by atoms with Crippen LogP contribution in [0, 0.1) is 11.3 Å². The Balaban J connectivity index is 1.93. The lowest BCUT2D eigenvalue weighted by molar-refractivity contribution is 0.166. The Bertz CT molecular complexity index is 492. The molecule has 0 spiro atoms. The number of thiophene rings is 1. The Morgan fingerprint density at radius 1 is 1.21 bits per heavy atom. The largest absolute Gasteiger partial charge is 0.250 e. The maximum absolute atomic E-state index is 12.1. The molecular formula is C14H23NO2S2. The van der Waals surface area contributed by atoms with E-state index in [1.54, 1.807) is 17.5 Å². The van der Waals surface area contributed by atoms with Crippen molar-refractivity contribution in [3.63, 3.8) is 0 Å². The fraction of sp³-hybridized carbons (Fsp3) is 0.714. The van der Waals surface area contributed by atoms with E-state index in [1.165, 1.54) is 11.3 Å². The van der Waals surface area contributed by atoms with Gasteiger partial charge in [-0.2, -0.15) is 0 Å². The molecule has 0 aromatic carbocycles. The van der Waals surface area contributed by atoms with E-state index in [-0.39, 0.29) is 6.04 Å². The van der Waals surface area contributed by atoms with Crippen molar-refractivity contribution in [2.45, 2.75) is 56.7 Å². The van der Waals surface area contributed by atoms with E-state index in [1.807, 2.05) is 0 Å². The van der Waals surface area contributed by atoms with Gasteiger partial charge >= 0.3 is 0 Å². The molecule has 0 aliphatic heterocycles. The molecule has 1 aromatic rings. The van der Waals surface area contributed by atoms with Crippen LogP contribution in [0.2, 0.25) is 0 Å². The van der Waals surface area contributed by atoms with Gasteiger partial charge in [0.25, 0.3) is 0 Å². The number of rotatable bonds is 3. The molecule has 1 heterocycles. The summed E-state index contributed by atoms with van der Waals surface area (Å²) in [5.74, 6) is 0.704. The van der Waals surface area contributed by atoms with Gasteiger partial charge < -0.3 is 0 Å². The van der Waals surface area contributed by atoms with Crippen LogP contribution in [0.4, 0.5) is 0 Å². The first-order chi connectivity index (χ1) is 8.79. The van der Waals surface area contributed by atoms with Crippen LogP contribution >= 0.6 is 11.3 Å². The van der Waals surface area contributed by atoms with Crippen molar-refractivity contribution in [3.8, 4) is 0 Å². The summed E-state index contributed by atoms with van der Waals surface area (Å²) in [5, 5.41) is 1.80. The molecule has 0 unspecified atom stereocenters. The minimum atomic E-state index is -3.30. The van der Waals surface area contributed by atoms with Gasteiger partial charge in [-0.3, -0.25) is 0 Å². The van der Waals surface area contributed by atoms with Crippen molar-refractivity contribution >= 4 is 21.4 Å². The van der Waals surface area contributed by atoms with E-state index in [9.17, 15) is 8.42 Å². The molecule has 1 fully saturated rings. The van der Waals surface area contributed by atoms with E-state index in [2.05, 4.69) is 25.5 Å². The first-order valence-corrected chi connectivity index (χ1v) is 9.21. The molecule has 1 saturated carbocycles. The van der Waals surface area contributed by atoms with E-state index >= 15 is 0 Å². The molecule has 0 radical (unpaired) electrons. The van der Waals surface area contributed by atoms with E-state index in [0.717, 1.165) is 25.7 Å². The lowest BCUT2D eigenvalue weighted by Gasteiger charge is -2.37. The van der Waals surface area contributed by atoms with Crippen molar-refractivity contribution in [1.29, 1.82) is 0 Å². The molecule has 0 atom stereocenters. The van der Waals surface area contributed by atoms with E-state index < -0.39 is 10.0 Å². The van der Waals surface area contributed by atoms with E-state index in [0.29, 0.717) is 15.5 Å². The van der Waals surface area contributed by atoms with Crippen LogP contribution in [-0.2, 0) is 10.0 Å². The highest BCUT2D eigenvalue weighted by Gasteiger charge is 2.31. The minimum Gasteiger partial charge on any atom is -0.207 e. The Morgan fingerprint density at radius 3 is 2.32 bits per heavy atom. The monoisotopic (exact) mass is 301 g/mol. The molecule has 1 N–H and O–H groups in total. The predicted molar refractivity (Wildman–Crippen MR) is 79.8 cm³/mol. The molecule has 1 aromatic heterocycles. The third-order valence-electron chi connectivity index (χ3n) is 4.03. The van der Waals surface area contributed by atoms with Crippen LogP contribution in [0.15, 0.2) is 21.7 Å². The summed E-state index contributed by atoms with van der Waals surface area (Å²) in [4.78, 5) is 0. The third-order valence-corrected chi connectivity index (χ3v) is 6.95. The van der Waals surface area contributed by atoms with Gasteiger partial charge in [0.2, 0.25) is 10.0 Å². The lowest BCUT2D eigenvalue weighted by atomic mass is 9.71. The van der Waals surface area contributed by atoms with Gasteiger partial charge in [-0.15, -0.1) is 11.3 Å². The molecule has 5 heteroatoms. The minimum absolute atomic E-state index is 0.102. The van der Waals surface area contributed by atoms with Gasteiger partial charge in [-0.25, -0.2) is 13.1 Å². The summed E-state index contributed by atoms with van der Waals surface area (Å²) in [7, 11) is -3.30. The van der Waals surface area contributed by atoms with Gasteiger partial charge in [0.05, 0.1) is 0 Å². The highest BCUT2D eigenvalue weighted by atomic mass is 32.2. The maximum atomic E-state index is 12.1. The van der Waals surface area contributed by atoms with Crippen molar-refractivity contribution < 1.29 is 8.42 Å². The Labute approximate surface area is 120 Å². The van der Waals surface area contributed by atoms with Gasteiger partial charge in [0.15, 0.2) is 0 Å². The molecule has 3 nitrogen and oxygen atoms in total. The standard InChI is InChI=1S/C14H23NO2S2/c1-14(2,3)11-6-8-12(9-7-11)15-19(16,17)13-5-4-10-18-13/h4-5,10-12,15H,6-9H2,1-3H3. The zero-order chi connectivity index (χ0) is 14.1. The van der Waals surface area contributed by atoms with Crippen molar-refractivity contribution in [2.24, 2.45) is 11.3 Å². The van der Waals surface area contributed by atoms with Gasteiger partial charge in [-0.1, -0.05) is 26.8 Å². The first kappa shape index (κ1) is 15.0. The van der Waals surface area contributed by atoms with Crippen molar-refractivity contribution in [1.82, 2.24) is 4.72 Å². The predicted octanol–water partition coefficient (Wildman–Crippen LogP) is 3.63. The molecule has 19 heavy (non-hydrogen) atoms. The van der Waals surface area contributed by atoms with Gasteiger partial charge in [0.1, 0.15) is 4.21 Å². The smallest absolute Gasteiger partial charge is 0.207 e. The van der Waals surface area contributed by atoms with Gasteiger partial charge in [0, 0.05) is 6.04 Å². The maximum Gasteiger partial charge on any atom is 0.250 e. The molecular weight excluding hydrogens is 278 g/mol. The fourth-order valence-corrected chi connectivity index (χ4v) is 5.09. The molecule has 0 bridgehead atoms. The fourth-order valence-electron chi connectivity index (χ4n) is 2.77. The second kappa shape index (κ2) is 5.54. The molecule has 1 aliphatic carbocycles. The summed E-state index contributed by atoms with van der Waals surface area (Å²) in [5.41, 5.74) is 0.331. The Kier molecular flexibility index (Phi) is 4.38. The summed E-state index contributed by atoms with van der Waals surface area (Å²) in [6.07, 6.45) is 4.13. The summed E-state index contributed by atoms with van der Waals surface area (Å²) >= 11 is 1.27. The summed E-state index contributed by atoms with van der Waals surface area (Å²) in [6, 6.07) is 3.54. The van der Waals surface area contributed by atoms with Crippen LogP contribution in [0.25, 0.3) is 0 Å². The number of nitrogens with one attached hydrogen (secondary N) is 1. The topological polar surface area (TPSA) is 46.2 Å². The summed E-state index contributed by atoms with van der Waals surface area (Å²) < 4.78 is 27.6. The average Bonchev–Trinajstić information content (AvgIpc) is 2.82. The van der Waals surface area contributed by atoms with Crippen molar-refractivity contribution in [3.05, 3.63) is 17.5 Å². The zero-order valence-electron chi connectivity index (χ0n) is 11.8. The quantitative estimate of drug-likeness (QED) is 0.926. The second-order valence-corrected chi connectivity index (χ2v) is 9.36.